The Labute approximate surface area is 201 Å². The topological polar surface area (TPSA) is 122 Å². The van der Waals surface area contributed by atoms with Gasteiger partial charge in [0, 0.05) is 12.0 Å². The van der Waals surface area contributed by atoms with Crippen LogP contribution in [0.4, 0.5) is 4.79 Å². The molecule has 1 aromatic heterocycles. The average molecular weight is 476 g/mol. The van der Waals surface area contributed by atoms with Crippen molar-refractivity contribution in [2.45, 2.75) is 44.3 Å². The van der Waals surface area contributed by atoms with Crippen LogP contribution in [0.1, 0.15) is 52.9 Å². The van der Waals surface area contributed by atoms with E-state index in [9.17, 15) is 19.5 Å². The zero-order valence-corrected chi connectivity index (χ0v) is 19.1. The number of nitrogens with one attached hydrogen (secondary N) is 1. The van der Waals surface area contributed by atoms with Crippen molar-refractivity contribution in [1.29, 1.82) is 0 Å². The fourth-order valence-corrected chi connectivity index (χ4v) is 4.64. The zero-order chi connectivity index (χ0) is 24.5. The summed E-state index contributed by atoms with van der Waals surface area (Å²) < 4.78 is 10.5. The lowest BCUT2D eigenvalue weighted by Gasteiger charge is -2.26. The first-order valence-corrected chi connectivity index (χ1v) is 11.5. The second-order valence-corrected chi connectivity index (χ2v) is 8.81. The van der Waals surface area contributed by atoms with Gasteiger partial charge in [-0.3, -0.25) is 4.79 Å². The summed E-state index contributed by atoms with van der Waals surface area (Å²) in [6, 6.07) is 15.0. The summed E-state index contributed by atoms with van der Waals surface area (Å²) in [5.74, 6) is -1.63. The van der Waals surface area contributed by atoms with Gasteiger partial charge in [0.1, 0.15) is 30.2 Å². The molecule has 2 aliphatic carbocycles. The minimum absolute atomic E-state index is 0.0676. The molecular weight excluding hydrogens is 450 g/mol. The lowest BCUT2D eigenvalue weighted by atomic mass is 9.98. The van der Waals surface area contributed by atoms with Crippen molar-refractivity contribution >= 4 is 18.0 Å². The first kappa shape index (κ1) is 22.6. The fourth-order valence-electron chi connectivity index (χ4n) is 4.64. The molecule has 2 aliphatic rings. The van der Waals surface area contributed by atoms with E-state index < -0.39 is 24.0 Å². The summed E-state index contributed by atoms with van der Waals surface area (Å²) in [5, 5.41) is 15.8. The first-order chi connectivity index (χ1) is 17.0. The van der Waals surface area contributed by atoms with Crippen molar-refractivity contribution in [2.24, 2.45) is 0 Å². The number of nitrogens with zero attached hydrogens (tertiary/aromatic N) is 2. The highest BCUT2D eigenvalue weighted by Gasteiger charge is 2.40. The Morgan fingerprint density at radius 2 is 1.74 bits per heavy atom. The van der Waals surface area contributed by atoms with Gasteiger partial charge in [-0.25, -0.2) is 9.59 Å². The molecule has 9 heteroatoms. The van der Waals surface area contributed by atoms with Crippen molar-refractivity contribution in [2.75, 3.05) is 6.61 Å². The third-order valence-corrected chi connectivity index (χ3v) is 6.57. The van der Waals surface area contributed by atoms with Gasteiger partial charge in [0.25, 0.3) is 5.91 Å². The number of fused-ring (bicyclic) bond motifs is 3. The van der Waals surface area contributed by atoms with Crippen LogP contribution in [-0.2, 0) is 16.1 Å². The molecular formula is C26H25N3O6. The van der Waals surface area contributed by atoms with E-state index >= 15 is 0 Å². The van der Waals surface area contributed by atoms with Gasteiger partial charge in [0.15, 0.2) is 0 Å². The number of ether oxygens (including phenoxy) is 1. The molecule has 0 bridgehead atoms. The Morgan fingerprint density at radius 3 is 2.34 bits per heavy atom. The van der Waals surface area contributed by atoms with Crippen molar-refractivity contribution in [3.8, 4) is 11.1 Å². The van der Waals surface area contributed by atoms with Crippen LogP contribution in [-0.4, -0.2) is 51.8 Å². The van der Waals surface area contributed by atoms with Crippen LogP contribution >= 0.6 is 0 Å². The van der Waals surface area contributed by atoms with Gasteiger partial charge >= 0.3 is 12.1 Å². The van der Waals surface area contributed by atoms with Gasteiger partial charge in [0.05, 0.1) is 6.54 Å². The van der Waals surface area contributed by atoms with Gasteiger partial charge in [-0.1, -0.05) is 53.7 Å². The monoisotopic (exact) mass is 475 g/mol. The SMILES string of the molecule is CC(C(=O)O)N(C(=O)c1conc1CNC(=O)OCC1c2ccccc2-c2ccccc21)C1CC1. The van der Waals surface area contributed by atoms with Gasteiger partial charge in [-0.2, -0.15) is 0 Å². The molecule has 35 heavy (non-hydrogen) atoms. The van der Waals surface area contributed by atoms with Gasteiger partial charge in [0.2, 0.25) is 0 Å². The Hall–Kier alpha value is -4.14. The van der Waals surface area contributed by atoms with Crippen LogP contribution in [0.3, 0.4) is 0 Å². The summed E-state index contributed by atoms with van der Waals surface area (Å²) in [5.41, 5.74) is 4.84. The van der Waals surface area contributed by atoms with Crippen molar-refractivity contribution < 1.29 is 28.8 Å². The van der Waals surface area contributed by atoms with Crippen molar-refractivity contribution in [3.63, 3.8) is 0 Å². The standard InChI is InChI=1S/C26H25N3O6/c1-15(25(31)32)29(16-10-11-16)24(30)22-14-35-28-23(22)12-27-26(33)34-13-21-19-8-4-2-6-17(19)18-7-3-5-9-20(18)21/h2-9,14-16,21H,10-13H2,1H3,(H,27,33)(H,31,32). The van der Waals surface area contributed by atoms with E-state index in [-0.39, 0.29) is 36.4 Å². The maximum Gasteiger partial charge on any atom is 0.407 e. The Bertz CT molecular complexity index is 1240. The lowest BCUT2D eigenvalue weighted by molar-refractivity contribution is -0.141. The molecule has 3 aromatic rings. The normalized spacial score (nSPS) is 15.1. The second kappa shape index (κ2) is 9.25. The molecule has 1 saturated carbocycles. The van der Waals surface area contributed by atoms with Gasteiger partial charge < -0.3 is 24.6 Å². The smallest absolute Gasteiger partial charge is 0.407 e. The quantitative estimate of drug-likeness (QED) is 0.508. The van der Waals surface area contributed by atoms with Crippen LogP contribution in [0.15, 0.2) is 59.3 Å². The highest BCUT2D eigenvalue weighted by molar-refractivity contribution is 5.97. The lowest BCUT2D eigenvalue weighted by Crippen LogP contribution is -2.45. The number of benzene rings is 2. The first-order valence-electron chi connectivity index (χ1n) is 11.5. The third-order valence-electron chi connectivity index (χ3n) is 6.57. The summed E-state index contributed by atoms with van der Waals surface area (Å²) in [4.78, 5) is 38.4. The van der Waals surface area contributed by atoms with Crippen molar-refractivity contribution in [3.05, 3.63) is 77.2 Å². The number of amides is 2. The molecule has 0 saturated heterocycles. The largest absolute Gasteiger partial charge is 0.480 e. The predicted octanol–water partition coefficient (Wildman–Crippen LogP) is 3.79. The number of carbonyl (C=O) groups is 3. The van der Waals surface area contributed by atoms with Crippen molar-refractivity contribution in [1.82, 2.24) is 15.4 Å². The van der Waals surface area contributed by atoms with Crippen LogP contribution in [0.2, 0.25) is 0 Å². The van der Waals surface area contributed by atoms with Crippen LogP contribution in [0, 0.1) is 0 Å². The fraction of sp³-hybridized carbons (Fsp3) is 0.308. The molecule has 180 valence electrons. The molecule has 1 heterocycles. The summed E-state index contributed by atoms with van der Waals surface area (Å²) in [6.07, 6.45) is 2.04. The minimum Gasteiger partial charge on any atom is -0.480 e. The van der Waals surface area contributed by atoms with E-state index in [1.807, 2.05) is 36.4 Å². The van der Waals surface area contributed by atoms with Gasteiger partial charge in [-0.05, 0) is 42.0 Å². The number of aromatic nitrogens is 1. The number of aliphatic carboxylic acids is 1. The predicted molar refractivity (Wildman–Crippen MR) is 125 cm³/mol. The number of hydrogen-bond acceptors (Lipinski definition) is 6. The van der Waals surface area contributed by atoms with E-state index in [0.717, 1.165) is 35.1 Å². The third kappa shape index (κ3) is 4.37. The number of carboxylic acid groups (broad SMARTS) is 1. The van der Waals surface area contributed by atoms with E-state index in [1.54, 1.807) is 0 Å². The number of alkyl carbamates (subject to hydrolysis) is 1. The summed E-state index contributed by atoms with van der Waals surface area (Å²) >= 11 is 0. The zero-order valence-electron chi connectivity index (χ0n) is 19.1. The number of rotatable bonds is 8. The van der Waals surface area contributed by atoms with Gasteiger partial charge in [-0.15, -0.1) is 0 Å². The number of carboxylic acids is 1. The molecule has 5 rings (SSSR count). The Morgan fingerprint density at radius 1 is 1.11 bits per heavy atom. The molecule has 0 aliphatic heterocycles. The molecule has 1 atom stereocenters. The van der Waals surface area contributed by atoms with E-state index in [2.05, 4.69) is 22.6 Å². The maximum atomic E-state index is 13.1. The van der Waals surface area contributed by atoms with Crippen LogP contribution in [0.5, 0.6) is 0 Å². The Kier molecular flexibility index (Phi) is 5.98. The molecule has 1 unspecified atom stereocenters. The number of carbonyl (C=O) groups excluding carboxylic acids is 2. The minimum atomic E-state index is -1.08. The molecule has 0 spiro atoms. The Balaban J connectivity index is 1.22. The number of hydrogen-bond donors (Lipinski definition) is 2. The van der Waals surface area contributed by atoms with Crippen LogP contribution < -0.4 is 5.32 Å². The molecule has 2 amide bonds. The molecule has 0 radical (unpaired) electrons. The summed E-state index contributed by atoms with van der Waals surface area (Å²) in [7, 11) is 0. The molecule has 9 nitrogen and oxygen atoms in total. The highest BCUT2D eigenvalue weighted by Crippen LogP contribution is 2.44. The highest BCUT2D eigenvalue weighted by atomic mass is 16.5. The summed E-state index contributed by atoms with van der Waals surface area (Å²) in [6.45, 7) is 1.55. The van der Waals surface area contributed by atoms with E-state index in [4.69, 9.17) is 9.26 Å². The average Bonchev–Trinajstić information content (AvgIpc) is 3.48. The van der Waals surface area contributed by atoms with E-state index in [0.29, 0.717) is 0 Å². The molecule has 2 N–H and O–H groups in total. The van der Waals surface area contributed by atoms with E-state index in [1.165, 1.54) is 18.1 Å². The maximum absolute atomic E-state index is 13.1. The second-order valence-electron chi connectivity index (χ2n) is 8.81. The van der Waals surface area contributed by atoms with Crippen LogP contribution in [0.25, 0.3) is 11.1 Å². The molecule has 1 fully saturated rings. The molecule has 2 aromatic carbocycles.